The number of pyridine rings is 1. The fourth-order valence-electron chi connectivity index (χ4n) is 3.25. The minimum absolute atomic E-state index is 0.0936. The second kappa shape index (κ2) is 7.57. The molecule has 3 rings (SSSR count). The monoisotopic (exact) mass is 349 g/mol. The average molecular weight is 349 g/mol. The maximum absolute atomic E-state index is 12.6. The summed E-state index contributed by atoms with van der Waals surface area (Å²) in [5.74, 6) is 1.31. The normalized spacial score (nSPS) is 14.8. The van der Waals surface area contributed by atoms with Gasteiger partial charge in [0.05, 0.1) is 11.5 Å². The summed E-state index contributed by atoms with van der Waals surface area (Å²) in [5, 5.41) is 8.86. The van der Waals surface area contributed by atoms with E-state index in [4.69, 9.17) is 10.00 Å². The molecular weight excluding hydrogens is 326 g/mol. The fourth-order valence-corrected chi connectivity index (χ4v) is 3.25. The Balaban J connectivity index is 1.62. The third-order valence-corrected chi connectivity index (χ3v) is 5.11. The Morgan fingerprint density at radius 1 is 1.15 bits per heavy atom. The Morgan fingerprint density at radius 2 is 1.85 bits per heavy atom. The van der Waals surface area contributed by atoms with Crippen LogP contribution < -0.4 is 9.64 Å². The number of piperidine rings is 1. The molecule has 1 aliphatic heterocycles. The number of carbonyl (C=O) groups is 1. The number of nitriles is 1. The Hall–Kier alpha value is -2.87. The predicted octanol–water partition coefficient (Wildman–Crippen LogP) is 3.70. The maximum atomic E-state index is 12.6. The number of benzene rings is 1. The highest BCUT2D eigenvalue weighted by atomic mass is 16.5. The summed E-state index contributed by atoms with van der Waals surface area (Å²) in [7, 11) is 0. The topological polar surface area (TPSA) is 66.2 Å². The predicted molar refractivity (Wildman–Crippen MR) is 100 cm³/mol. The minimum atomic E-state index is -0.144. The number of hydrogen-bond donors (Lipinski definition) is 0. The quantitative estimate of drug-likeness (QED) is 0.624. The Morgan fingerprint density at radius 3 is 2.46 bits per heavy atom. The van der Waals surface area contributed by atoms with Gasteiger partial charge >= 0.3 is 5.97 Å². The van der Waals surface area contributed by atoms with Gasteiger partial charge in [0.25, 0.3) is 0 Å². The third kappa shape index (κ3) is 3.70. The van der Waals surface area contributed by atoms with E-state index in [-0.39, 0.29) is 11.9 Å². The molecule has 0 bridgehead atoms. The molecule has 1 aliphatic rings. The average Bonchev–Trinajstić information content (AvgIpc) is 2.68. The zero-order valence-corrected chi connectivity index (χ0v) is 15.5. The van der Waals surface area contributed by atoms with Crippen molar-refractivity contribution in [1.29, 1.82) is 5.26 Å². The first-order valence-electron chi connectivity index (χ1n) is 8.89. The summed E-state index contributed by atoms with van der Waals surface area (Å²) in [4.78, 5) is 19.1. The van der Waals surface area contributed by atoms with E-state index in [1.807, 2.05) is 39.0 Å². The first-order chi connectivity index (χ1) is 12.5. The van der Waals surface area contributed by atoms with Crippen LogP contribution in [0, 0.1) is 38.0 Å². The molecule has 26 heavy (non-hydrogen) atoms. The number of esters is 1. The van der Waals surface area contributed by atoms with Gasteiger partial charge in [-0.05, 0) is 62.4 Å². The summed E-state index contributed by atoms with van der Waals surface area (Å²) in [6.07, 6.45) is 3.06. The van der Waals surface area contributed by atoms with Crippen molar-refractivity contribution in [2.24, 2.45) is 5.92 Å². The zero-order valence-electron chi connectivity index (χ0n) is 15.5. The Labute approximate surface area is 154 Å². The van der Waals surface area contributed by atoms with Crippen LogP contribution in [0.25, 0.3) is 0 Å². The zero-order chi connectivity index (χ0) is 18.7. The van der Waals surface area contributed by atoms with E-state index in [1.165, 1.54) is 0 Å². The molecule has 0 amide bonds. The van der Waals surface area contributed by atoms with Crippen LogP contribution in [0.1, 0.15) is 35.1 Å². The fraction of sp³-hybridized carbons (Fsp3) is 0.381. The first kappa shape index (κ1) is 17.9. The van der Waals surface area contributed by atoms with Gasteiger partial charge in [-0.15, -0.1) is 0 Å². The number of aromatic nitrogens is 1. The summed E-state index contributed by atoms with van der Waals surface area (Å²) >= 11 is 0. The van der Waals surface area contributed by atoms with E-state index in [0.29, 0.717) is 11.3 Å². The van der Waals surface area contributed by atoms with Gasteiger partial charge in [0.15, 0.2) is 0 Å². The van der Waals surface area contributed by atoms with Crippen molar-refractivity contribution in [2.75, 3.05) is 18.0 Å². The van der Waals surface area contributed by atoms with Crippen LogP contribution in [0.4, 0.5) is 5.82 Å². The van der Waals surface area contributed by atoms with Gasteiger partial charge < -0.3 is 9.64 Å². The summed E-state index contributed by atoms with van der Waals surface area (Å²) in [6, 6.07) is 9.74. The number of carbonyl (C=O) groups excluding carboxylic acids is 1. The number of anilines is 1. The number of ether oxygens (including phenoxy) is 1. The third-order valence-electron chi connectivity index (χ3n) is 5.11. The summed E-state index contributed by atoms with van der Waals surface area (Å²) < 4.78 is 5.76. The number of rotatable bonds is 3. The molecule has 0 N–H and O–H groups in total. The van der Waals surface area contributed by atoms with Crippen LogP contribution in [0.5, 0.6) is 5.75 Å². The molecule has 0 radical (unpaired) electrons. The molecule has 2 heterocycles. The highest BCUT2D eigenvalue weighted by molar-refractivity contribution is 5.76. The van der Waals surface area contributed by atoms with Gasteiger partial charge in [0.1, 0.15) is 17.6 Å². The molecule has 1 fully saturated rings. The number of hydrogen-bond acceptors (Lipinski definition) is 5. The van der Waals surface area contributed by atoms with E-state index in [2.05, 4.69) is 16.0 Å². The molecule has 0 unspecified atom stereocenters. The number of nitrogens with zero attached hydrogens (tertiary/aromatic N) is 3. The Kier molecular flexibility index (Phi) is 5.22. The van der Waals surface area contributed by atoms with Crippen LogP contribution in [0.15, 0.2) is 30.5 Å². The lowest BCUT2D eigenvalue weighted by atomic mass is 9.96. The van der Waals surface area contributed by atoms with Crippen LogP contribution in [-0.4, -0.2) is 24.0 Å². The Bertz CT molecular complexity index is 845. The van der Waals surface area contributed by atoms with Crippen molar-refractivity contribution in [3.8, 4) is 11.8 Å². The van der Waals surface area contributed by atoms with Gasteiger partial charge in [0.2, 0.25) is 0 Å². The van der Waals surface area contributed by atoms with Crippen LogP contribution in [-0.2, 0) is 4.79 Å². The van der Waals surface area contributed by atoms with E-state index in [0.717, 1.165) is 48.4 Å². The van der Waals surface area contributed by atoms with E-state index in [1.54, 1.807) is 12.3 Å². The highest BCUT2D eigenvalue weighted by Crippen LogP contribution is 2.29. The standard InChI is InChI=1S/C21H23N3O2/c1-14-4-5-15(2)20(16(14)3)26-21(25)18-8-10-24(11-9-18)19-7-6-17(12-22)13-23-19/h4-7,13,18H,8-11H2,1-3H3. The number of aryl methyl sites for hydroxylation is 2. The van der Waals surface area contributed by atoms with Crippen molar-refractivity contribution in [2.45, 2.75) is 33.6 Å². The van der Waals surface area contributed by atoms with Gasteiger partial charge in [-0.25, -0.2) is 4.98 Å². The van der Waals surface area contributed by atoms with Gasteiger partial charge in [-0.1, -0.05) is 12.1 Å². The molecule has 2 aromatic rings. The highest BCUT2D eigenvalue weighted by Gasteiger charge is 2.28. The SMILES string of the molecule is Cc1ccc(C)c(OC(=O)C2CCN(c3ccc(C#N)cn3)CC2)c1C. The minimum Gasteiger partial charge on any atom is -0.426 e. The molecule has 1 aromatic carbocycles. The molecule has 5 heteroatoms. The molecule has 0 saturated carbocycles. The lowest BCUT2D eigenvalue weighted by Crippen LogP contribution is -2.38. The van der Waals surface area contributed by atoms with Gasteiger partial charge in [0, 0.05) is 19.3 Å². The van der Waals surface area contributed by atoms with Crippen molar-refractivity contribution in [3.63, 3.8) is 0 Å². The lowest BCUT2D eigenvalue weighted by molar-refractivity contribution is -0.139. The molecule has 0 aliphatic carbocycles. The van der Waals surface area contributed by atoms with E-state index >= 15 is 0 Å². The molecule has 1 saturated heterocycles. The molecule has 5 nitrogen and oxygen atoms in total. The molecule has 0 atom stereocenters. The smallest absolute Gasteiger partial charge is 0.314 e. The van der Waals surface area contributed by atoms with Crippen LogP contribution in [0.2, 0.25) is 0 Å². The van der Waals surface area contributed by atoms with Crippen molar-refractivity contribution < 1.29 is 9.53 Å². The lowest BCUT2D eigenvalue weighted by Gasteiger charge is -2.31. The van der Waals surface area contributed by atoms with Crippen molar-refractivity contribution >= 4 is 11.8 Å². The van der Waals surface area contributed by atoms with Crippen LogP contribution >= 0.6 is 0 Å². The molecule has 0 spiro atoms. The van der Waals surface area contributed by atoms with Crippen LogP contribution in [0.3, 0.4) is 0 Å². The second-order valence-corrected chi connectivity index (χ2v) is 6.85. The van der Waals surface area contributed by atoms with Gasteiger partial charge in [-0.2, -0.15) is 5.26 Å². The van der Waals surface area contributed by atoms with Crippen molar-refractivity contribution in [3.05, 3.63) is 52.7 Å². The van der Waals surface area contributed by atoms with Gasteiger partial charge in [-0.3, -0.25) is 4.79 Å². The van der Waals surface area contributed by atoms with E-state index in [9.17, 15) is 4.79 Å². The molecular formula is C21H23N3O2. The summed E-state index contributed by atoms with van der Waals surface area (Å²) in [5.41, 5.74) is 3.69. The first-order valence-corrected chi connectivity index (χ1v) is 8.89. The molecule has 1 aromatic heterocycles. The largest absolute Gasteiger partial charge is 0.426 e. The van der Waals surface area contributed by atoms with Crippen molar-refractivity contribution in [1.82, 2.24) is 4.98 Å². The van der Waals surface area contributed by atoms with E-state index < -0.39 is 0 Å². The molecule has 134 valence electrons. The summed E-state index contributed by atoms with van der Waals surface area (Å²) in [6.45, 7) is 7.49. The second-order valence-electron chi connectivity index (χ2n) is 6.85. The maximum Gasteiger partial charge on any atom is 0.314 e.